The quantitative estimate of drug-likeness (QED) is 0.561. The number of hydrogen-bond donors (Lipinski definition) is 0. The number of aryl methyl sites for hydroxylation is 1. The Balaban J connectivity index is 1.26. The van der Waals surface area contributed by atoms with Crippen LogP contribution in [0.2, 0.25) is 0 Å². The van der Waals surface area contributed by atoms with Gasteiger partial charge in [0.2, 0.25) is 0 Å². The molecule has 0 N–H and O–H groups in total. The topological polar surface area (TPSA) is 61.8 Å². The predicted molar refractivity (Wildman–Crippen MR) is 145 cm³/mol. The predicted octanol–water partition coefficient (Wildman–Crippen LogP) is 3.75. The molecule has 1 spiro atoms. The first kappa shape index (κ1) is 25.3. The average molecular weight is 520 g/mol. The zero-order valence-corrected chi connectivity index (χ0v) is 22.4. The number of anilines is 1. The van der Waals surface area contributed by atoms with Gasteiger partial charge in [0.15, 0.2) is 5.83 Å². The third-order valence-corrected chi connectivity index (χ3v) is 9.28. The highest BCUT2D eigenvalue weighted by Crippen LogP contribution is 2.46. The zero-order chi connectivity index (χ0) is 26.3. The largest absolute Gasteiger partial charge is 0.462 e. The van der Waals surface area contributed by atoms with Gasteiger partial charge in [-0.2, -0.15) is 9.97 Å². The van der Waals surface area contributed by atoms with Crippen molar-refractivity contribution in [1.82, 2.24) is 19.8 Å². The number of hydrogen-bond acceptors (Lipinski definition) is 6. The highest BCUT2D eigenvalue weighted by Gasteiger charge is 2.40. The Labute approximate surface area is 224 Å². The molecule has 6 rings (SSSR count). The minimum Gasteiger partial charge on any atom is -0.462 e. The Bertz CT molecular complexity index is 1230. The molecule has 2 aliphatic heterocycles. The first-order valence-corrected chi connectivity index (χ1v) is 14.1. The van der Waals surface area contributed by atoms with Crippen molar-refractivity contribution in [3.63, 3.8) is 0 Å². The van der Waals surface area contributed by atoms with Gasteiger partial charge in [0.05, 0.1) is 5.69 Å². The van der Waals surface area contributed by atoms with Crippen LogP contribution in [-0.4, -0.2) is 78.1 Å². The van der Waals surface area contributed by atoms with Gasteiger partial charge in [-0.1, -0.05) is 30.8 Å². The fraction of sp³-hybridized carbons (Fsp3) is 0.567. The number of aromatic nitrogens is 2. The van der Waals surface area contributed by atoms with Crippen LogP contribution in [0, 0.1) is 5.41 Å². The van der Waals surface area contributed by atoms with Gasteiger partial charge in [0.1, 0.15) is 12.4 Å². The summed E-state index contributed by atoms with van der Waals surface area (Å²) in [6.07, 6.45) is 8.73. The summed E-state index contributed by atoms with van der Waals surface area (Å²) in [5.74, 6) is -0.578. The highest BCUT2D eigenvalue weighted by molar-refractivity contribution is 5.90. The van der Waals surface area contributed by atoms with Crippen LogP contribution in [0.15, 0.2) is 36.7 Å². The molecule has 2 atom stereocenters. The van der Waals surface area contributed by atoms with Crippen molar-refractivity contribution in [1.29, 1.82) is 0 Å². The highest BCUT2D eigenvalue weighted by atomic mass is 19.1. The number of likely N-dealkylation sites (tertiary alicyclic amines) is 1. The van der Waals surface area contributed by atoms with Crippen LogP contribution >= 0.6 is 0 Å². The molecule has 0 radical (unpaired) electrons. The van der Waals surface area contributed by atoms with Gasteiger partial charge in [0, 0.05) is 37.8 Å². The summed E-state index contributed by atoms with van der Waals surface area (Å²) in [4.78, 5) is 28.2. The second kappa shape index (κ2) is 10.3. The molecular weight excluding hydrogens is 481 g/mol. The van der Waals surface area contributed by atoms with Crippen molar-refractivity contribution in [2.75, 3.05) is 51.3 Å². The summed E-state index contributed by atoms with van der Waals surface area (Å²) >= 11 is 0. The Morgan fingerprint density at radius 2 is 1.84 bits per heavy atom. The van der Waals surface area contributed by atoms with Gasteiger partial charge < -0.3 is 19.4 Å². The summed E-state index contributed by atoms with van der Waals surface area (Å²) < 4.78 is 19.7. The summed E-state index contributed by atoms with van der Waals surface area (Å²) in [7, 11) is 2.15. The van der Waals surface area contributed by atoms with E-state index in [0.717, 1.165) is 56.6 Å². The van der Waals surface area contributed by atoms with Gasteiger partial charge in [-0.3, -0.25) is 4.79 Å². The molecule has 38 heavy (non-hydrogen) atoms. The van der Waals surface area contributed by atoms with Crippen molar-refractivity contribution in [2.24, 2.45) is 5.41 Å². The smallest absolute Gasteiger partial charge is 0.318 e. The molecule has 202 valence electrons. The minimum absolute atomic E-state index is 0.225. The standard InChI is InChI=1S/C30H38FN5O2/c1-21(31)28(37)36-16-14-35(15-17-36)27-25-10-12-30(11-9-22-6-3-4-7-23(22)18-30)19-26(25)32-29(33-27)38-20-24-8-5-13-34(24)2/h3-4,6-7,24H,1,5,8-20H2,2H3/t24-,30+/m0/s1. The molecule has 1 aromatic heterocycles. The number of halogens is 1. The number of amides is 1. The molecule has 0 saturated carbocycles. The van der Waals surface area contributed by atoms with Crippen LogP contribution in [-0.2, 0) is 30.5 Å². The maximum atomic E-state index is 13.4. The van der Waals surface area contributed by atoms with Gasteiger partial charge in [0.25, 0.3) is 5.91 Å². The second-order valence-corrected chi connectivity index (χ2v) is 11.6. The number of likely N-dealkylation sites (N-methyl/N-ethyl adjacent to an activating group) is 1. The van der Waals surface area contributed by atoms with E-state index in [0.29, 0.717) is 44.8 Å². The summed E-state index contributed by atoms with van der Waals surface area (Å²) in [6.45, 7) is 6.97. The van der Waals surface area contributed by atoms with E-state index in [1.54, 1.807) is 0 Å². The Hall–Kier alpha value is -3.00. The number of rotatable bonds is 5. The van der Waals surface area contributed by atoms with Crippen LogP contribution in [0.4, 0.5) is 10.2 Å². The number of carbonyl (C=O) groups is 1. The zero-order valence-electron chi connectivity index (χ0n) is 22.4. The Morgan fingerprint density at radius 1 is 1.08 bits per heavy atom. The molecule has 8 heteroatoms. The fourth-order valence-corrected chi connectivity index (χ4v) is 6.94. The van der Waals surface area contributed by atoms with E-state index in [4.69, 9.17) is 14.7 Å². The van der Waals surface area contributed by atoms with Gasteiger partial charge in [-0.05, 0) is 81.5 Å². The molecule has 4 aliphatic rings. The molecule has 1 aromatic carbocycles. The van der Waals surface area contributed by atoms with E-state index < -0.39 is 11.7 Å². The summed E-state index contributed by atoms with van der Waals surface area (Å²) in [5.41, 5.74) is 5.52. The second-order valence-electron chi connectivity index (χ2n) is 11.6. The van der Waals surface area contributed by atoms with Crippen LogP contribution in [0.5, 0.6) is 6.01 Å². The third kappa shape index (κ3) is 4.91. The first-order valence-electron chi connectivity index (χ1n) is 14.1. The minimum atomic E-state index is -0.898. The van der Waals surface area contributed by atoms with Crippen molar-refractivity contribution in [3.05, 3.63) is 59.1 Å². The Morgan fingerprint density at radius 3 is 2.58 bits per heavy atom. The lowest BCUT2D eigenvalue weighted by atomic mass is 9.63. The van der Waals surface area contributed by atoms with Gasteiger partial charge in [-0.25, -0.2) is 4.39 Å². The monoisotopic (exact) mass is 519 g/mol. The van der Waals surface area contributed by atoms with E-state index in [-0.39, 0.29) is 5.41 Å². The maximum absolute atomic E-state index is 13.4. The van der Waals surface area contributed by atoms with Gasteiger partial charge >= 0.3 is 6.01 Å². The molecule has 2 saturated heterocycles. The molecule has 1 amide bonds. The molecular formula is C30H38FN5O2. The molecule has 0 unspecified atom stereocenters. The summed E-state index contributed by atoms with van der Waals surface area (Å²) in [5, 5.41) is 0. The lowest BCUT2D eigenvalue weighted by Gasteiger charge is -2.43. The van der Waals surface area contributed by atoms with Crippen molar-refractivity contribution >= 4 is 11.7 Å². The number of ether oxygens (including phenoxy) is 1. The SMILES string of the molecule is C=C(F)C(=O)N1CCN(c2nc(OC[C@@H]3CCCN3C)nc3c2CC[C@@]2(CCc4ccccc4C2)C3)CC1. The van der Waals surface area contributed by atoms with E-state index in [9.17, 15) is 9.18 Å². The first-order chi connectivity index (χ1) is 18.4. The number of fused-ring (bicyclic) bond motifs is 2. The van der Waals surface area contributed by atoms with E-state index >= 15 is 0 Å². The molecule has 0 bridgehead atoms. The Kier molecular flexibility index (Phi) is 6.84. The lowest BCUT2D eigenvalue weighted by molar-refractivity contribution is -0.128. The lowest BCUT2D eigenvalue weighted by Crippen LogP contribution is -2.49. The van der Waals surface area contributed by atoms with Crippen molar-refractivity contribution in [3.8, 4) is 6.01 Å². The molecule has 7 nitrogen and oxygen atoms in total. The van der Waals surface area contributed by atoms with Crippen LogP contribution in [0.25, 0.3) is 0 Å². The van der Waals surface area contributed by atoms with E-state index in [1.807, 2.05) is 0 Å². The van der Waals surface area contributed by atoms with Gasteiger partial charge in [-0.15, -0.1) is 0 Å². The van der Waals surface area contributed by atoms with Crippen molar-refractivity contribution < 1.29 is 13.9 Å². The number of carbonyl (C=O) groups excluding carboxylic acids is 1. The molecule has 2 fully saturated rings. The summed E-state index contributed by atoms with van der Waals surface area (Å²) in [6, 6.07) is 9.72. The van der Waals surface area contributed by atoms with E-state index in [2.05, 4.69) is 47.7 Å². The van der Waals surface area contributed by atoms with Crippen LogP contribution < -0.4 is 9.64 Å². The number of nitrogens with zero attached hydrogens (tertiary/aromatic N) is 5. The van der Waals surface area contributed by atoms with Crippen LogP contribution in [0.1, 0.15) is 48.1 Å². The maximum Gasteiger partial charge on any atom is 0.318 e. The van der Waals surface area contributed by atoms with Crippen LogP contribution in [0.3, 0.4) is 0 Å². The average Bonchev–Trinajstić information content (AvgIpc) is 3.35. The number of piperazine rings is 1. The molecule has 3 heterocycles. The molecule has 2 aliphatic carbocycles. The molecule has 2 aromatic rings. The normalized spacial score (nSPS) is 25.3. The fourth-order valence-electron chi connectivity index (χ4n) is 6.94. The third-order valence-electron chi connectivity index (χ3n) is 9.28. The number of benzene rings is 1. The van der Waals surface area contributed by atoms with Crippen molar-refractivity contribution in [2.45, 2.75) is 57.4 Å². The van der Waals surface area contributed by atoms with E-state index in [1.165, 1.54) is 34.4 Å².